The number of hydrogen-bond donors (Lipinski definition) is 0. The lowest BCUT2D eigenvalue weighted by Gasteiger charge is -2.15. The number of hydrogen-bond acceptors (Lipinski definition) is 5. The minimum Gasteiger partial charge on any atom is -0.493 e. The Kier molecular flexibility index (Phi) is 3.20. The van der Waals surface area contributed by atoms with Gasteiger partial charge in [-0.05, 0) is 6.07 Å². The molecule has 0 aliphatic carbocycles. The molecular formula is C13H12N2O3. The van der Waals surface area contributed by atoms with Crippen LogP contribution in [0.4, 0.5) is 0 Å². The summed E-state index contributed by atoms with van der Waals surface area (Å²) in [6, 6.07) is 3.86. The molecule has 18 heavy (non-hydrogen) atoms. The van der Waals surface area contributed by atoms with Crippen molar-refractivity contribution in [2.45, 2.75) is 0 Å². The van der Waals surface area contributed by atoms with Crippen molar-refractivity contribution in [1.82, 2.24) is 4.98 Å². The number of nitriles is 1. The van der Waals surface area contributed by atoms with Gasteiger partial charge in [0.2, 0.25) is 5.75 Å². The number of pyridine rings is 1. The first kappa shape index (κ1) is 12.0. The van der Waals surface area contributed by atoms with Crippen LogP contribution in [-0.4, -0.2) is 26.3 Å². The number of rotatable bonds is 3. The smallest absolute Gasteiger partial charge is 0.203 e. The molecule has 2 aromatic rings. The van der Waals surface area contributed by atoms with Gasteiger partial charge in [0.05, 0.1) is 26.9 Å². The third-order valence-corrected chi connectivity index (χ3v) is 2.67. The van der Waals surface area contributed by atoms with Gasteiger partial charge in [-0.2, -0.15) is 5.26 Å². The minimum absolute atomic E-state index is 0.435. The number of ether oxygens (including phenoxy) is 3. The summed E-state index contributed by atoms with van der Waals surface area (Å²) in [5.41, 5.74) is 0.435. The van der Waals surface area contributed by atoms with Gasteiger partial charge in [0.15, 0.2) is 11.5 Å². The molecule has 1 heterocycles. The SMILES string of the molecule is COc1cc2cncc(C#N)c2c(OC)c1OC. The fraction of sp³-hybridized carbons (Fsp3) is 0.231. The molecule has 0 fully saturated rings. The average molecular weight is 244 g/mol. The molecule has 92 valence electrons. The van der Waals surface area contributed by atoms with Crippen LogP contribution in [0, 0.1) is 11.3 Å². The largest absolute Gasteiger partial charge is 0.493 e. The van der Waals surface area contributed by atoms with E-state index >= 15 is 0 Å². The third-order valence-electron chi connectivity index (χ3n) is 2.67. The van der Waals surface area contributed by atoms with Crippen molar-refractivity contribution < 1.29 is 14.2 Å². The molecule has 0 spiro atoms. The Labute approximate surface area is 105 Å². The first-order valence-electron chi connectivity index (χ1n) is 5.23. The number of aromatic nitrogens is 1. The molecule has 0 radical (unpaired) electrons. The maximum absolute atomic E-state index is 9.13. The van der Waals surface area contributed by atoms with E-state index in [0.29, 0.717) is 28.2 Å². The predicted molar refractivity (Wildman–Crippen MR) is 66.1 cm³/mol. The molecule has 0 N–H and O–H groups in total. The number of benzene rings is 1. The molecule has 0 atom stereocenters. The van der Waals surface area contributed by atoms with Crippen LogP contribution in [-0.2, 0) is 0 Å². The van der Waals surface area contributed by atoms with Gasteiger partial charge < -0.3 is 14.2 Å². The monoisotopic (exact) mass is 244 g/mol. The van der Waals surface area contributed by atoms with Gasteiger partial charge in [0.25, 0.3) is 0 Å². The number of fused-ring (bicyclic) bond motifs is 1. The Morgan fingerprint density at radius 2 is 1.78 bits per heavy atom. The quantitative estimate of drug-likeness (QED) is 0.827. The van der Waals surface area contributed by atoms with E-state index in [0.717, 1.165) is 5.39 Å². The molecule has 5 nitrogen and oxygen atoms in total. The average Bonchev–Trinajstić information content (AvgIpc) is 2.43. The van der Waals surface area contributed by atoms with Crippen LogP contribution in [0.5, 0.6) is 17.2 Å². The lowest BCUT2D eigenvalue weighted by Crippen LogP contribution is -1.97. The molecule has 1 aromatic heterocycles. The Balaban J connectivity index is 2.94. The summed E-state index contributed by atoms with van der Waals surface area (Å²) >= 11 is 0. The van der Waals surface area contributed by atoms with Crippen LogP contribution in [0.1, 0.15) is 5.56 Å². The topological polar surface area (TPSA) is 64.4 Å². The zero-order valence-electron chi connectivity index (χ0n) is 10.4. The van der Waals surface area contributed by atoms with Crippen LogP contribution < -0.4 is 14.2 Å². The Morgan fingerprint density at radius 3 is 2.33 bits per heavy atom. The van der Waals surface area contributed by atoms with E-state index in [2.05, 4.69) is 11.1 Å². The minimum atomic E-state index is 0.435. The van der Waals surface area contributed by atoms with Gasteiger partial charge in [-0.15, -0.1) is 0 Å². The molecule has 5 heteroatoms. The zero-order valence-corrected chi connectivity index (χ0v) is 10.4. The maximum Gasteiger partial charge on any atom is 0.203 e. The van der Waals surface area contributed by atoms with Crippen molar-refractivity contribution in [2.75, 3.05) is 21.3 Å². The van der Waals surface area contributed by atoms with Gasteiger partial charge in [-0.3, -0.25) is 4.98 Å². The highest BCUT2D eigenvalue weighted by atomic mass is 16.5. The van der Waals surface area contributed by atoms with E-state index in [1.54, 1.807) is 19.4 Å². The van der Waals surface area contributed by atoms with Gasteiger partial charge in [-0.1, -0.05) is 0 Å². The summed E-state index contributed by atoms with van der Waals surface area (Å²) in [7, 11) is 4.60. The number of nitrogens with zero attached hydrogens (tertiary/aromatic N) is 2. The Bertz CT molecular complexity index is 632. The molecule has 0 saturated carbocycles. The van der Waals surface area contributed by atoms with Gasteiger partial charge >= 0.3 is 0 Å². The standard InChI is InChI=1S/C13H12N2O3/c1-16-10-4-8-6-15-7-9(5-14)11(8)13(18-3)12(10)17-2/h4,6-7H,1-3H3. The first-order chi connectivity index (χ1) is 8.76. The van der Waals surface area contributed by atoms with Crippen molar-refractivity contribution >= 4 is 10.8 Å². The second kappa shape index (κ2) is 4.80. The summed E-state index contributed by atoms with van der Waals surface area (Å²) < 4.78 is 15.9. The summed E-state index contributed by atoms with van der Waals surface area (Å²) in [5, 5.41) is 10.6. The van der Waals surface area contributed by atoms with E-state index in [1.165, 1.54) is 20.4 Å². The van der Waals surface area contributed by atoms with Crippen LogP contribution in [0.2, 0.25) is 0 Å². The fourth-order valence-electron chi connectivity index (χ4n) is 1.90. The molecule has 0 aliphatic heterocycles. The van der Waals surface area contributed by atoms with Crippen molar-refractivity contribution in [3.63, 3.8) is 0 Å². The summed E-state index contributed by atoms with van der Waals surface area (Å²) in [5.74, 6) is 1.49. The molecule has 0 unspecified atom stereocenters. The van der Waals surface area contributed by atoms with Crippen LogP contribution in [0.25, 0.3) is 10.8 Å². The molecular weight excluding hydrogens is 232 g/mol. The second-order valence-corrected chi connectivity index (χ2v) is 3.54. The van der Waals surface area contributed by atoms with Gasteiger partial charge in [0.1, 0.15) is 6.07 Å². The summed E-state index contributed by atoms with van der Waals surface area (Å²) in [6.07, 6.45) is 3.15. The normalized spacial score (nSPS) is 9.89. The maximum atomic E-state index is 9.13. The third kappa shape index (κ3) is 1.68. The lowest BCUT2D eigenvalue weighted by molar-refractivity contribution is 0.327. The van der Waals surface area contributed by atoms with Crippen molar-refractivity contribution in [1.29, 1.82) is 5.26 Å². The van der Waals surface area contributed by atoms with E-state index in [9.17, 15) is 0 Å². The highest BCUT2D eigenvalue weighted by Crippen LogP contribution is 2.44. The molecule has 1 aromatic carbocycles. The second-order valence-electron chi connectivity index (χ2n) is 3.54. The van der Waals surface area contributed by atoms with Gasteiger partial charge in [0, 0.05) is 23.2 Å². The molecule has 0 aliphatic rings. The summed E-state index contributed by atoms with van der Waals surface area (Å²) in [4.78, 5) is 4.02. The molecule has 0 bridgehead atoms. The van der Waals surface area contributed by atoms with Crippen molar-refractivity contribution in [3.8, 4) is 23.3 Å². The van der Waals surface area contributed by atoms with E-state index in [1.807, 2.05) is 0 Å². The lowest BCUT2D eigenvalue weighted by atomic mass is 10.1. The van der Waals surface area contributed by atoms with Crippen molar-refractivity contribution in [2.24, 2.45) is 0 Å². The molecule has 0 saturated heterocycles. The highest BCUT2D eigenvalue weighted by Gasteiger charge is 2.18. The molecule has 2 rings (SSSR count). The highest BCUT2D eigenvalue weighted by molar-refractivity contribution is 5.96. The van der Waals surface area contributed by atoms with Crippen LogP contribution in [0.3, 0.4) is 0 Å². The fourth-order valence-corrected chi connectivity index (χ4v) is 1.90. The van der Waals surface area contributed by atoms with Gasteiger partial charge in [-0.25, -0.2) is 0 Å². The van der Waals surface area contributed by atoms with E-state index < -0.39 is 0 Å². The predicted octanol–water partition coefficient (Wildman–Crippen LogP) is 2.13. The Morgan fingerprint density at radius 1 is 1.06 bits per heavy atom. The van der Waals surface area contributed by atoms with E-state index in [-0.39, 0.29) is 0 Å². The first-order valence-corrected chi connectivity index (χ1v) is 5.23. The van der Waals surface area contributed by atoms with E-state index in [4.69, 9.17) is 19.5 Å². The van der Waals surface area contributed by atoms with Crippen LogP contribution >= 0.6 is 0 Å². The zero-order chi connectivity index (χ0) is 13.1. The Hall–Kier alpha value is -2.48. The summed E-state index contributed by atoms with van der Waals surface area (Å²) in [6.45, 7) is 0. The molecule has 0 amide bonds. The number of methoxy groups -OCH3 is 3. The van der Waals surface area contributed by atoms with Crippen molar-refractivity contribution in [3.05, 3.63) is 24.0 Å². The van der Waals surface area contributed by atoms with Crippen LogP contribution in [0.15, 0.2) is 18.5 Å².